The summed E-state index contributed by atoms with van der Waals surface area (Å²) in [7, 11) is 0. The molecule has 0 radical (unpaired) electrons. The molecule has 0 saturated carbocycles. The Kier molecular flexibility index (Phi) is 8.01. The van der Waals surface area contributed by atoms with Crippen LogP contribution < -0.4 is 10.6 Å². The molecular formula is C14H33N3. The first kappa shape index (κ1) is 16.9. The standard InChI is InChI=1S/C14H33N3/c1-12(2)17(13(3)4)11-10-15-8-9-16-14(5,6)7/h12-13,15-16H,8-11H2,1-7H3. The van der Waals surface area contributed by atoms with Gasteiger partial charge >= 0.3 is 0 Å². The Balaban J connectivity index is 3.56. The second kappa shape index (κ2) is 8.06. The van der Waals surface area contributed by atoms with Crippen LogP contribution in [0.15, 0.2) is 0 Å². The van der Waals surface area contributed by atoms with Crippen LogP contribution in [0, 0.1) is 0 Å². The minimum absolute atomic E-state index is 0.226. The number of hydrogen-bond donors (Lipinski definition) is 2. The minimum atomic E-state index is 0.226. The van der Waals surface area contributed by atoms with Gasteiger partial charge in [-0.15, -0.1) is 0 Å². The molecule has 0 aliphatic heterocycles. The van der Waals surface area contributed by atoms with Gasteiger partial charge in [0, 0.05) is 43.8 Å². The number of nitrogens with one attached hydrogen (secondary N) is 2. The van der Waals surface area contributed by atoms with Crippen molar-refractivity contribution < 1.29 is 0 Å². The van der Waals surface area contributed by atoms with Crippen molar-refractivity contribution in [1.29, 1.82) is 0 Å². The second-order valence-electron chi connectivity index (χ2n) is 6.35. The van der Waals surface area contributed by atoms with Gasteiger partial charge in [-0.1, -0.05) is 0 Å². The van der Waals surface area contributed by atoms with E-state index >= 15 is 0 Å². The average Bonchev–Trinajstić information content (AvgIpc) is 2.13. The lowest BCUT2D eigenvalue weighted by molar-refractivity contribution is 0.176. The minimum Gasteiger partial charge on any atom is -0.314 e. The van der Waals surface area contributed by atoms with E-state index in [0.717, 1.165) is 26.2 Å². The monoisotopic (exact) mass is 243 g/mol. The van der Waals surface area contributed by atoms with E-state index < -0.39 is 0 Å². The first-order valence-electron chi connectivity index (χ1n) is 6.95. The molecule has 0 aromatic rings. The summed E-state index contributed by atoms with van der Waals surface area (Å²) in [5.74, 6) is 0. The largest absolute Gasteiger partial charge is 0.314 e. The summed E-state index contributed by atoms with van der Waals surface area (Å²) in [5.41, 5.74) is 0.226. The van der Waals surface area contributed by atoms with Gasteiger partial charge in [0.1, 0.15) is 0 Å². The van der Waals surface area contributed by atoms with Crippen LogP contribution in [-0.4, -0.2) is 48.7 Å². The van der Waals surface area contributed by atoms with Crippen molar-refractivity contribution in [2.24, 2.45) is 0 Å². The van der Waals surface area contributed by atoms with Crippen molar-refractivity contribution in [2.75, 3.05) is 26.2 Å². The first-order chi connectivity index (χ1) is 7.74. The van der Waals surface area contributed by atoms with Crippen molar-refractivity contribution >= 4 is 0 Å². The highest BCUT2D eigenvalue weighted by Gasteiger charge is 2.12. The molecule has 0 fully saturated rings. The molecule has 0 aromatic heterocycles. The van der Waals surface area contributed by atoms with Crippen LogP contribution in [0.2, 0.25) is 0 Å². The van der Waals surface area contributed by atoms with Gasteiger partial charge in [-0.25, -0.2) is 0 Å². The van der Waals surface area contributed by atoms with Crippen molar-refractivity contribution in [1.82, 2.24) is 15.5 Å². The van der Waals surface area contributed by atoms with Gasteiger partial charge in [0.15, 0.2) is 0 Å². The Bertz CT molecular complexity index is 174. The first-order valence-corrected chi connectivity index (χ1v) is 6.95. The molecule has 0 aliphatic rings. The summed E-state index contributed by atoms with van der Waals surface area (Å²) in [6, 6.07) is 1.26. The van der Waals surface area contributed by atoms with E-state index in [0.29, 0.717) is 12.1 Å². The lowest BCUT2D eigenvalue weighted by Crippen LogP contribution is -2.44. The maximum atomic E-state index is 3.49. The lowest BCUT2D eigenvalue weighted by atomic mass is 10.1. The van der Waals surface area contributed by atoms with Crippen molar-refractivity contribution in [3.63, 3.8) is 0 Å². The van der Waals surface area contributed by atoms with Crippen LogP contribution in [-0.2, 0) is 0 Å². The normalized spacial score (nSPS) is 13.1. The molecular weight excluding hydrogens is 210 g/mol. The third kappa shape index (κ3) is 9.57. The second-order valence-corrected chi connectivity index (χ2v) is 6.35. The van der Waals surface area contributed by atoms with Crippen LogP contribution in [0.4, 0.5) is 0 Å². The number of rotatable bonds is 8. The molecule has 0 amide bonds. The van der Waals surface area contributed by atoms with Crippen molar-refractivity contribution in [3.05, 3.63) is 0 Å². The number of nitrogens with zero attached hydrogens (tertiary/aromatic N) is 1. The van der Waals surface area contributed by atoms with Gasteiger partial charge in [-0.2, -0.15) is 0 Å². The third-order valence-electron chi connectivity index (χ3n) is 2.83. The van der Waals surface area contributed by atoms with Gasteiger partial charge in [0.05, 0.1) is 0 Å². The molecule has 104 valence electrons. The van der Waals surface area contributed by atoms with E-state index in [1.807, 2.05) is 0 Å². The average molecular weight is 243 g/mol. The molecule has 3 heteroatoms. The fourth-order valence-corrected chi connectivity index (χ4v) is 1.97. The molecule has 0 atom stereocenters. The highest BCUT2D eigenvalue weighted by atomic mass is 15.2. The zero-order valence-corrected chi connectivity index (χ0v) is 12.9. The van der Waals surface area contributed by atoms with Crippen LogP contribution in [0.1, 0.15) is 48.5 Å². The Hall–Kier alpha value is -0.120. The smallest absolute Gasteiger partial charge is 0.0112 e. The zero-order chi connectivity index (χ0) is 13.5. The maximum Gasteiger partial charge on any atom is 0.0112 e. The summed E-state index contributed by atoms with van der Waals surface area (Å²) in [5, 5.41) is 6.97. The quantitative estimate of drug-likeness (QED) is 0.639. The van der Waals surface area contributed by atoms with Crippen LogP contribution in [0.3, 0.4) is 0 Å². The lowest BCUT2D eigenvalue weighted by Gasteiger charge is -2.30. The van der Waals surface area contributed by atoms with Crippen LogP contribution >= 0.6 is 0 Å². The van der Waals surface area contributed by atoms with Crippen molar-refractivity contribution in [3.8, 4) is 0 Å². The zero-order valence-electron chi connectivity index (χ0n) is 12.9. The SMILES string of the molecule is CC(C)N(CCNCCNC(C)(C)C)C(C)C. The fraction of sp³-hybridized carbons (Fsp3) is 1.00. The molecule has 0 aromatic carbocycles. The van der Waals surface area contributed by atoms with E-state index in [9.17, 15) is 0 Å². The Morgan fingerprint density at radius 3 is 1.82 bits per heavy atom. The molecule has 0 bridgehead atoms. The van der Waals surface area contributed by atoms with E-state index in [4.69, 9.17) is 0 Å². The third-order valence-corrected chi connectivity index (χ3v) is 2.83. The summed E-state index contributed by atoms with van der Waals surface area (Å²) < 4.78 is 0. The Morgan fingerprint density at radius 2 is 1.41 bits per heavy atom. The molecule has 0 aliphatic carbocycles. The van der Waals surface area contributed by atoms with E-state index in [-0.39, 0.29) is 5.54 Å². The molecule has 0 spiro atoms. The van der Waals surface area contributed by atoms with Gasteiger partial charge in [0.2, 0.25) is 0 Å². The van der Waals surface area contributed by atoms with Gasteiger partial charge in [0.25, 0.3) is 0 Å². The molecule has 0 heterocycles. The highest BCUT2D eigenvalue weighted by Crippen LogP contribution is 2.03. The Labute approximate surface area is 108 Å². The predicted molar refractivity (Wildman–Crippen MR) is 77.6 cm³/mol. The summed E-state index contributed by atoms with van der Waals surface area (Å²) in [6.45, 7) is 19.9. The molecule has 0 saturated heterocycles. The molecule has 0 unspecified atom stereocenters. The van der Waals surface area contributed by atoms with Crippen LogP contribution in [0.5, 0.6) is 0 Å². The van der Waals surface area contributed by atoms with Crippen LogP contribution in [0.25, 0.3) is 0 Å². The van der Waals surface area contributed by atoms with Crippen molar-refractivity contribution in [2.45, 2.75) is 66.1 Å². The molecule has 0 rings (SSSR count). The van der Waals surface area contributed by atoms with Gasteiger partial charge in [-0.3, -0.25) is 4.90 Å². The predicted octanol–water partition coefficient (Wildman–Crippen LogP) is 2.08. The fourth-order valence-electron chi connectivity index (χ4n) is 1.97. The topological polar surface area (TPSA) is 27.3 Å². The molecule has 3 nitrogen and oxygen atoms in total. The highest BCUT2D eigenvalue weighted by molar-refractivity contribution is 4.71. The maximum absolute atomic E-state index is 3.49. The van der Waals surface area contributed by atoms with E-state index in [1.54, 1.807) is 0 Å². The summed E-state index contributed by atoms with van der Waals surface area (Å²) >= 11 is 0. The Morgan fingerprint density at radius 1 is 0.882 bits per heavy atom. The van der Waals surface area contributed by atoms with Gasteiger partial charge < -0.3 is 10.6 Å². The van der Waals surface area contributed by atoms with E-state index in [1.165, 1.54) is 0 Å². The summed E-state index contributed by atoms with van der Waals surface area (Å²) in [6.07, 6.45) is 0. The molecule has 2 N–H and O–H groups in total. The van der Waals surface area contributed by atoms with E-state index in [2.05, 4.69) is 64.0 Å². The summed E-state index contributed by atoms with van der Waals surface area (Å²) in [4.78, 5) is 2.52. The molecule has 17 heavy (non-hydrogen) atoms. The van der Waals surface area contributed by atoms with Gasteiger partial charge in [-0.05, 0) is 48.5 Å². The number of hydrogen-bond acceptors (Lipinski definition) is 3.